The van der Waals surface area contributed by atoms with Crippen LogP contribution in [0.2, 0.25) is 0 Å². The van der Waals surface area contributed by atoms with Crippen LogP contribution >= 0.6 is 11.3 Å². The summed E-state index contributed by atoms with van der Waals surface area (Å²) < 4.78 is 0. The average Bonchev–Trinajstić information content (AvgIpc) is 2.80. The number of carbonyl (C=O) groups is 1. The van der Waals surface area contributed by atoms with E-state index in [0.29, 0.717) is 0 Å². The van der Waals surface area contributed by atoms with E-state index in [4.69, 9.17) is 0 Å². The van der Waals surface area contributed by atoms with Crippen molar-refractivity contribution in [3.63, 3.8) is 0 Å². The van der Waals surface area contributed by atoms with Crippen LogP contribution in [0.1, 0.15) is 29.4 Å². The maximum Gasteiger partial charge on any atom is 0.261 e. The van der Waals surface area contributed by atoms with E-state index in [9.17, 15) is 4.79 Å². The van der Waals surface area contributed by atoms with Gasteiger partial charge in [-0.1, -0.05) is 13.0 Å². The molecule has 1 aliphatic heterocycles. The molecular weight excluding hydrogens is 220 g/mol. The van der Waals surface area contributed by atoms with Gasteiger partial charge in [0, 0.05) is 6.54 Å². The average molecular weight is 238 g/mol. The first-order chi connectivity index (χ1) is 7.70. The summed E-state index contributed by atoms with van der Waals surface area (Å²) in [4.78, 5) is 12.6. The fourth-order valence-electron chi connectivity index (χ4n) is 2.00. The van der Waals surface area contributed by atoms with Gasteiger partial charge >= 0.3 is 0 Å². The lowest BCUT2D eigenvalue weighted by molar-refractivity contribution is 0.0926. The standard InChI is InChI=1S/C12H18N2OS/c1-12(4-6-13-7-5-12)9-14-11(15)10-3-2-8-16-10/h2-3,8,13H,4-7,9H2,1H3,(H,14,15). The van der Waals surface area contributed by atoms with E-state index in [-0.39, 0.29) is 11.3 Å². The van der Waals surface area contributed by atoms with Gasteiger partial charge in [0.25, 0.3) is 5.91 Å². The Hall–Kier alpha value is -0.870. The molecule has 1 aromatic rings. The Morgan fingerprint density at radius 1 is 1.56 bits per heavy atom. The Bertz CT molecular complexity index is 342. The first kappa shape index (κ1) is 11.6. The van der Waals surface area contributed by atoms with Crippen LogP contribution in [0.25, 0.3) is 0 Å². The van der Waals surface area contributed by atoms with Gasteiger partial charge in [-0.3, -0.25) is 4.79 Å². The highest BCUT2D eigenvalue weighted by molar-refractivity contribution is 7.12. The van der Waals surface area contributed by atoms with E-state index >= 15 is 0 Å². The number of piperidine rings is 1. The molecule has 1 aliphatic rings. The summed E-state index contributed by atoms with van der Waals surface area (Å²) in [6, 6.07) is 3.77. The van der Waals surface area contributed by atoms with Gasteiger partial charge in [0.1, 0.15) is 0 Å². The highest BCUT2D eigenvalue weighted by atomic mass is 32.1. The third kappa shape index (κ3) is 2.83. The van der Waals surface area contributed by atoms with Gasteiger partial charge in [-0.25, -0.2) is 0 Å². The molecule has 4 heteroatoms. The first-order valence-electron chi connectivity index (χ1n) is 5.72. The van der Waals surface area contributed by atoms with Crippen LogP contribution < -0.4 is 10.6 Å². The van der Waals surface area contributed by atoms with E-state index in [1.165, 1.54) is 11.3 Å². The molecule has 88 valence electrons. The molecule has 2 heterocycles. The van der Waals surface area contributed by atoms with Gasteiger partial charge in [0.05, 0.1) is 4.88 Å². The predicted octanol–water partition coefficient (Wildman–Crippen LogP) is 1.87. The lowest BCUT2D eigenvalue weighted by Gasteiger charge is -2.34. The van der Waals surface area contributed by atoms with Crippen LogP contribution in [0.4, 0.5) is 0 Å². The van der Waals surface area contributed by atoms with Crippen LogP contribution in [0, 0.1) is 5.41 Å². The third-order valence-corrected chi connectivity index (χ3v) is 4.10. The summed E-state index contributed by atoms with van der Waals surface area (Å²) in [5, 5.41) is 8.32. The van der Waals surface area contributed by atoms with Crippen LogP contribution in [-0.2, 0) is 0 Å². The maximum absolute atomic E-state index is 11.8. The maximum atomic E-state index is 11.8. The molecule has 1 saturated heterocycles. The van der Waals surface area contributed by atoms with Crippen molar-refractivity contribution in [1.82, 2.24) is 10.6 Å². The summed E-state index contributed by atoms with van der Waals surface area (Å²) in [7, 11) is 0. The molecule has 0 saturated carbocycles. The molecule has 0 atom stereocenters. The number of hydrogen-bond donors (Lipinski definition) is 2. The van der Waals surface area contributed by atoms with Crippen molar-refractivity contribution < 1.29 is 4.79 Å². The predicted molar refractivity (Wildman–Crippen MR) is 66.9 cm³/mol. The molecule has 0 bridgehead atoms. The number of nitrogens with one attached hydrogen (secondary N) is 2. The zero-order valence-electron chi connectivity index (χ0n) is 9.58. The largest absolute Gasteiger partial charge is 0.351 e. The van der Waals surface area contributed by atoms with Crippen LogP contribution in [0.3, 0.4) is 0 Å². The molecule has 0 spiro atoms. The Morgan fingerprint density at radius 2 is 2.31 bits per heavy atom. The molecule has 3 nitrogen and oxygen atoms in total. The van der Waals surface area contributed by atoms with E-state index in [2.05, 4.69) is 17.6 Å². The minimum Gasteiger partial charge on any atom is -0.351 e. The fourth-order valence-corrected chi connectivity index (χ4v) is 2.64. The second-order valence-corrected chi connectivity index (χ2v) is 5.67. The third-order valence-electron chi connectivity index (χ3n) is 3.23. The summed E-state index contributed by atoms with van der Waals surface area (Å²) in [5.74, 6) is 0.0646. The highest BCUT2D eigenvalue weighted by Gasteiger charge is 2.27. The Balaban J connectivity index is 1.84. The number of thiophene rings is 1. The molecule has 0 aliphatic carbocycles. The number of carbonyl (C=O) groups excluding carboxylic acids is 1. The molecule has 2 N–H and O–H groups in total. The van der Waals surface area contributed by atoms with Gasteiger partial charge in [0.2, 0.25) is 0 Å². The van der Waals surface area contributed by atoms with E-state index < -0.39 is 0 Å². The van der Waals surface area contributed by atoms with Crippen molar-refractivity contribution in [2.75, 3.05) is 19.6 Å². The second kappa shape index (κ2) is 4.97. The van der Waals surface area contributed by atoms with Crippen molar-refractivity contribution in [1.29, 1.82) is 0 Å². The number of rotatable bonds is 3. The minimum absolute atomic E-state index is 0.0646. The molecule has 1 amide bonds. The van der Waals surface area contributed by atoms with Crippen LogP contribution in [0.15, 0.2) is 17.5 Å². The van der Waals surface area contributed by atoms with Crippen LogP contribution in [0.5, 0.6) is 0 Å². The topological polar surface area (TPSA) is 41.1 Å². The fraction of sp³-hybridized carbons (Fsp3) is 0.583. The SMILES string of the molecule is CC1(CNC(=O)c2cccs2)CCNCC1. The van der Waals surface area contributed by atoms with Gasteiger partial charge in [-0.2, -0.15) is 0 Å². The van der Waals surface area contributed by atoms with Crippen molar-refractivity contribution in [3.05, 3.63) is 22.4 Å². The Kier molecular flexibility index (Phi) is 3.61. The first-order valence-corrected chi connectivity index (χ1v) is 6.60. The Morgan fingerprint density at radius 3 is 2.94 bits per heavy atom. The zero-order chi connectivity index (χ0) is 11.4. The number of hydrogen-bond acceptors (Lipinski definition) is 3. The van der Waals surface area contributed by atoms with Crippen molar-refractivity contribution in [2.45, 2.75) is 19.8 Å². The zero-order valence-corrected chi connectivity index (χ0v) is 10.4. The van der Waals surface area contributed by atoms with E-state index in [1.807, 2.05) is 17.5 Å². The van der Waals surface area contributed by atoms with Crippen molar-refractivity contribution >= 4 is 17.2 Å². The van der Waals surface area contributed by atoms with E-state index in [1.54, 1.807) is 0 Å². The second-order valence-electron chi connectivity index (χ2n) is 4.72. The van der Waals surface area contributed by atoms with Gasteiger partial charge < -0.3 is 10.6 Å². The molecule has 0 aromatic carbocycles. The van der Waals surface area contributed by atoms with Gasteiger partial charge in [-0.15, -0.1) is 11.3 Å². The summed E-state index contributed by atoms with van der Waals surface area (Å²) in [6.45, 7) is 5.16. The van der Waals surface area contributed by atoms with Crippen molar-refractivity contribution in [2.24, 2.45) is 5.41 Å². The number of amides is 1. The van der Waals surface area contributed by atoms with E-state index in [0.717, 1.165) is 37.4 Å². The molecule has 2 rings (SSSR count). The minimum atomic E-state index is 0.0646. The lowest BCUT2D eigenvalue weighted by Crippen LogP contribution is -2.42. The quantitative estimate of drug-likeness (QED) is 0.844. The molecule has 1 fully saturated rings. The molecule has 16 heavy (non-hydrogen) atoms. The Labute approximate surface area is 100 Å². The van der Waals surface area contributed by atoms with Crippen molar-refractivity contribution in [3.8, 4) is 0 Å². The smallest absolute Gasteiger partial charge is 0.261 e. The van der Waals surface area contributed by atoms with Gasteiger partial charge in [0.15, 0.2) is 0 Å². The molecule has 0 radical (unpaired) electrons. The monoisotopic (exact) mass is 238 g/mol. The van der Waals surface area contributed by atoms with Gasteiger partial charge in [-0.05, 0) is 42.8 Å². The van der Waals surface area contributed by atoms with Crippen LogP contribution in [-0.4, -0.2) is 25.5 Å². The normalized spacial score (nSPS) is 19.3. The summed E-state index contributed by atoms with van der Waals surface area (Å²) in [6.07, 6.45) is 2.27. The molecule has 1 aromatic heterocycles. The summed E-state index contributed by atoms with van der Waals surface area (Å²) in [5.41, 5.74) is 0.262. The molecular formula is C12H18N2OS. The summed E-state index contributed by atoms with van der Waals surface area (Å²) >= 11 is 1.49. The highest BCUT2D eigenvalue weighted by Crippen LogP contribution is 2.26. The molecule has 0 unspecified atom stereocenters. The lowest BCUT2D eigenvalue weighted by atomic mass is 9.81.